The summed E-state index contributed by atoms with van der Waals surface area (Å²) in [5.74, 6) is -2.17. The summed E-state index contributed by atoms with van der Waals surface area (Å²) < 4.78 is 0. The van der Waals surface area contributed by atoms with Gasteiger partial charge in [0.15, 0.2) is 0 Å². The first-order valence-corrected chi connectivity index (χ1v) is 1.82. The maximum Gasteiger partial charge on any atom is 2.00 e. The third-order valence-corrected chi connectivity index (χ3v) is 0. The first kappa shape index (κ1) is 64.2. The minimum absolute atomic E-state index is 0. The fourth-order valence-corrected chi connectivity index (χ4v) is 0. The van der Waals surface area contributed by atoms with E-state index in [2.05, 4.69) is 0 Å². The van der Waals surface area contributed by atoms with Crippen molar-refractivity contribution in [3.05, 3.63) is 0 Å². The van der Waals surface area contributed by atoms with Crippen LogP contribution in [0.4, 0.5) is 0 Å². The monoisotopic (exact) mass is 296 g/mol. The molecule has 0 amide bonds. The Morgan fingerprint density at radius 2 is 0.714 bits per heavy atom. The normalized spacial score (nSPS) is 3.57. The number of carboxylic acid groups (broad SMARTS) is 2. The molecule has 0 spiro atoms. The van der Waals surface area contributed by atoms with E-state index in [0.717, 1.165) is 13.8 Å². The van der Waals surface area contributed by atoms with Crippen LogP contribution in [0.3, 0.4) is 0 Å². The molecule has 0 atom stereocenters. The van der Waals surface area contributed by atoms with Crippen LogP contribution in [0.1, 0.15) is 13.8 Å². The average Bonchev–Trinajstić information content (AvgIpc) is 1.25. The molecule has 0 saturated carbocycles. The largest absolute Gasteiger partial charge is 2.00 e. The smallest absolute Gasteiger partial charge is 0.550 e. The molecule has 88 valence electrons. The molecule has 0 aromatic rings. The van der Waals surface area contributed by atoms with Crippen molar-refractivity contribution in [3.8, 4) is 0 Å². The molecule has 14 heavy (non-hydrogen) atoms. The SMILES string of the molecule is CC(=O)[O-].CC(=O)[O-].O.O.O.O.O.[Sr+2]. The molecular weight excluding hydrogens is 280 g/mol. The molecule has 0 aromatic heterocycles. The maximum absolute atomic E-state index is 8.89. The predicted molar refractivity (Wildman–Crippen MR) is 45.2 cm³/mol. The molecule has 0 fully saturated rings. The van der Waals surface area contributed by atoms with Gasteiger partial charge >= 0.3 is 45.5 Å². The number of rotatable bonds is 0. The molecular formula is C4H16O9Sr. The number of carbonyl (C=O) groups excluding carboxylic acids is 2. The Morgan fingerprint density at radius 1 is 0.714 bits per heavy atom. The number of hydrogen-bond acceptors (Lipinski definition) is 4. The van der Waals surface area contributed by atoms with E-state index < -0.39 is 11.9 Å². The van der Waals surface area contributed by atoms with Crippen molar-refractivity contribution < 1.29 is 47.2 Å². The third kappa shape index (κ3) is 31600. The van der Waals surface area contributed by atoms with Gasteiger partial charge in [-0.2, -0.15) is 0 Å². The summed E-state index contributed by atoms with van der Waals surface area (Å²) in [6.07, 6.45) is 0. The van der Waals surface area contributed by atoms with Crippen molar-refractivity contribution >= 4 is 57.4 Å². The second kappa shape index (κ2) is 51.0. The topological polar surface area (TPSA) is 238 Å². The van der Waals surface area contributed by atoms with E-state index >= 15 is 0 Å². The van der Waals surface area contributed by atoms with Crippen molar-refractivity contribution in [1.82, 2.24) is 0 Å². The fraction of sp³-hybridized carbons (Fsp3) is 0.500. The predicted octanol–water partition coefficient (Wildman–Crippen LogP) is -6.99. The van der Waals surface area contributed by atoms with E-state index in [-0.39, 0.29) is 72.9 Å². The zero-order valence-electron chi connectivity index (χ0n) is 7.84. The molecule has 0 saturated heterocycles. The van der Waals surface area contributed by atoms with E-state index in [1.807, 2.05) is 0 Å². The van der Waals surface area contributed by atoms with Gasteiger partial charge < -0.3 is 47.2 Å². The van der Waals surface area contributed by atoms with Crippen LogP contribution < -0.4 is 10.2 Å². The molecule has 0 bridgehead atoms. The van der Waals surface area contributed by atoms with Crippen molar-refractivity contribution in [3.63, 3.8) is 0 Å². The van der Waals surface area contributed by atoms with E-state index in [4.69, 9.17) is 19.8 Å². The first-order chi connectivity index (χ1) is 3.46. The molecule has 0 aliphatic heterocycles. The standard InChI is InChI=1S/2C2H4O2.5H2O.Sr/c2*1-2(3)4;;;;;;/h2*1H3,(H,3,4);5*1H2;/q;;;;;;;+2/p-2. The Balaban J connectivity index is -0.00000000600. The molecule has 0 aliphatic carbocycles. The summed E-state index contributed by atoms with van der Waals surface area (Å²) in [6.45, 7) is 1.94. The molecule has 9 nitrogen and oxygen atoms in total. The summed E-state index contributed by atoms with van der Waals surface area (Å²) >= 11 is 0. The Bertz CT molecular complexity index is 74.8. The molecule has 0 aliphatic rings. The van der Waals surface area contributed by atoms with E-state index in [1.165, 1.54) is 0 Å². The van der Waals surface area contributed by atoms with Crippen LogP contribution in [0.15, 0.2) is 0 Å². The fourth-order valence-electron chi connectivity index (χ4n) is 0. The minimum atomic E-state index is -1.08. The molecule has 0 heterocycles. The average molecular weight is 296 g/mol. The van der Waals surface area contributed by atoms with Gasteiger partial charge in [0.2, 0.25) is 0 Å². The Labute approximate surface area is 118 Å². The summed E-state index contributed by atoms with van der Waals surface area (Å²) in [6, 6.07) is 0. The van der Waals surface area contributed by atoms with E-state index in [0.29, 0.717) is 0 Å². The van der Waals surface area contributed by atoms with Crippen LogP contribution in [0, 0.1) is 0 Å². The second-order valence-corrected chi connectivity index (χ2v) is 0.983. The summed E-state index contributed by atoms with van der Waals surface area (Å²) in [7, 11) is 0. The molecule has 0 unspecified atom stereocenters. The van der Waals surface area contributed by atoms with Crippen LogP contribution in [0.2, 0.25) is 0 Å². The van der Waals surface area contributed by atoms with Crippen molar-refractivity contribution in [2.45, 2.75) is 13.8 Å². The Hall–Kier alpha value is 0.221. The van der Waals surface area contributed by atoms with Crippen molar-refractivity contribution in [2.24, 2.45) is 0 Å². The van der Waals surface area contributed by atoms with Gasteiger partial charge in [0.1, 0.15) is 0 Å². The van der Waals surface area contributed by atoms with Gasteiger partial charge in [-0.3, -0.25) is 0 Å². The van der Waals surface area contributed by atoms with Gasteiger partial charge in [-0.05, 0) is 13.8 Å². The van der Waals surface area contributed by atoms with E-state index in [9.17, 15) is 0 Å². The van der Waals surface area contributed by atoms with Crippen molar-refractivity contribution in [2.75, 3.05) is 0 Å². The van der Waals surface area contributed by atoms with Crippen molar-refractivity contribution in [1.29, 1.82) is 0 Å². The number of hydrogen-bond donors (Lipinski definition) is 0. The van der Waals surface area contributed by atoms with E-state index in [1.54, 1.807) is 0 Å². The minimum Gasteiger partial charge on any atom is -0.550 e. The summed E-state index contributed by atoms with van der Waals surface area (Å²) in [5, 5.41) is 17.8. The van der Waals surface area contributed by atoms with Gasteiger partial charge in [-0.1, -0.05) is 0 Å². The van der Waals surface area contributed by atoms with Crippen LogP contribution in [-0.4, -0.2) is 84.8 Å². The molecule has 0 radical (unpaired) electrons. The zero-order chi connectivity index (χ0) is 7.15. The van der Waals surface area contributed by atoms with Crippen LogP contribution >= 0.6 is 0 Å². The number of aliphatic carboxylic acids is 2. The molecule has 0 aromatic carbocycles. The quantitative estimate of drug-likeness (QED) is 0.395. The van der Waals surface area contributed by atoms with Crippen LogP contribution in [0.5, 0.6) is 0 Å². The first-order valence-electron chi connectivity index (χ1n) is 1.82. The van der Waals surface area contributed by atoms with Gasteiger partial charge in [0, 0.05) is 11.9 Å². The van der Waals surface area contributed by atoms with Gasteiger partial charge in [0.05, 0.1) is 0 Å². The molecule has 10 heteroatoms. The summed E-state index contributed by atoms with van der Waals surface area (Å²) in [5.41, 5.74) is 0. The number of carboxylic acids is 2. The Kier molecular flexibility index (Phi) is 234. The second-order valence-electron chi connectivity index (χ2n) is 0.983. The molecule has 10 N–H and O–H groups in total. The van der Waals surface area contributed by atoms with Gasteiger partial charge in [-0.15, -0.1) is 0 Å². The van der Waals surface area contributed by atoms with Crippen LogP contribution in [0.25, 0.3) is 0 Å². The summed E-state index contributed by atoms with van der Waals surface area (Å²) in [4.78, 5) is 17.8. The molecule has 0 rings (SSSR count). The Morgan fingerprint density at radius 3 is 0.714 bits per heavy atom. The van der Waals surface area contributed by atoms with Gasteiger partial charge in [-0.25, -0.2) is 0 Å². The maximum atomic E-state index is 8.89. The third-order valence-electron chi connectivity index (χ3n) is 0. The zero-order valence-corrected chi connectivity index (χ0v) is 11.3. The van der Waals surface area contributed by atoms with Crippen LogP contribution in [-0.2, 0) is 9.59 Å². The van der Waals surface area contributed by atoms with Gasteiger partial charge in [0.25, 0.3) is 0 Å². The number of carbonyl (C=O) groups is 2.